The second-order valence-corrected chi connectivity index (χ2v) is 11.9. The standard InChI is InChI=1S/C31H44N2O5S/c1-5-8-14-28-30(29-26(32-39(4,35)36)13-11-15-27(29)38-28)31(34)24-16-18-25(19-17-24)37-23-12-22-33(20-9-6-2)21-10-7-3/h11,13,15-19,32H,5-10,12,14,20-23H2,1-4H3. The lowest BCUT2D eigenvalue weighted by Gasteiger charge is -2.21. The van der Waals surface area contributed by atoms with Crippen molar-refractivity contribution >= 4 is 32.5 Å². The lowest BCUT2D eigenvalue weighted by Crippen LogP contribution is -2.28. The maximum atomic E-state index is 13.8. The number of anilines is 1. The molecule has 3 rings (SSSR count). The van der Waals surface area contributed by atoms with Crippen LogP contribution in [0, 0.1) is 0 Å². The molecule has 0 bridgehead atoms. The highest BCUT2D eigenvalue weighted by atomic mass is 32.2. The van der Waals surface area contributed by atoms with Crippen LogP contribution in [-0.4, -0.2) is 51.6 Å². The van der Waals surface area contributed by atoms with Crippen LogP contribution < -0.4 is 9.46 Å². The zero-order valence-electron chi connectivity index (χ0n) is 23.9. The van der Waals surface area contributed by atoms with E-state index in [1.807, 2.05) is 12.1 Å². The normalized spacial score (nSPS) is 11.8. The number of carbonyl (C=O) groups excluding carboxylic acids is 1. The minimum absolute atomic E-state index is 0.198. The molecule has 0 aliphatic rings. The van der Waals surface area contributed by atoms with Gasteiger partial charge in [0.15, 0.2) is 5.78 Å². The Kier molecular flexibility index (Phi) is 11.9. The van der Waals surface area contributed by atoms with E-state index in [4.69, 9.17) is 9.15 Å². The van der Waals surface area contributed by atoms with E-state index in [9.17, 15) is 13.2 Å². The van der Waals surface area contributed by atoms with Crippen LogP contribution in [0.3, 0.4) is 0 Å². The summed E-state index contributed by atoms with van der Waals surface area (Å²) in [6.45, 7) is 10.4. The van der Waals surface area contributed by atoms with Gasteiger partial charge in [-0.2, -0.15) is 0 Å². The number of sulfonamides is 1. The minimum atomic E-state index is -3.54. The van der Waals surface area contributed by atoms with E-state index in [1.54, 1.807) is 30.3 Å². The van der Waals surface area contributed by atoms with E-state index in [-0.39, 0.29) is 5.78 Å². The number of aryl methyl sites for hydroxylation is 1. The van der Waals surface area contributed by atoms with E-state index in [1.165, 1.54) is 25.7 Å². The van der Waals surface area contributed by atoms with Crippen LogP contribution in [-0.2, 0) is 16.4 Å². The molecule has 0 radical (unpaired) electrons. The maximum absolute atomic E-state index is 13.8. The SMILES string of the molecule is CCCCc1oc2cccc(NS(C)(=O)=O)c2c1C(=O)c1ccc(OCCCN(CCCC)CCCC)cc1. The molecule has 0 unspecified atom stereocenters. The third kappa shape index (κ3) is 9.11. The number of rotatable bonds is 18. The van der Waals surface area contributed by atoms with Crippen molar-refractivity contribution in [2.24, 2.45) is 0 Å². The van der Waals surface area contributed by atoms with Crippen molar-refractivity contribution in [1.29, 1.82) is 0 Å². The number of unbranched alkanes of at least 4 members (excludes halogenated alkanes) is 3. The van der Waals surface area contributed by atoms with Crippen molar-refractivity contribution in [3.63, 3.8) is 0 Å². The van der Waals surface area contributed by atoms with Crippen LogP contribution in [0.2, 0.25) is 0 Å². The Morgan fingerprint density at radius 2 is 1.54 bits per heavy atom. The topological polar surface area (TPSA) is 88.8 Å². The van der Waals surface area contributed by atoms with Gasteiger partial charge in [0.2, 0.25) is 10.0 Å². The molecule has 0 atom stereocenters. The molecule has 39 heavy (non-hydrogen) atoms. The first-order valence-corrected chi connectivity index (χ1v) is 16.2. The van der Waals surface area contributed by atoms with Crippen molar-refractivity contribution < 1.29 is 22.4 Å². The van der Waals surface area contributed by atoms with Crippen molar-refractivity contribution in [3.8, 4) is 5.75 Å². The largest absolute Gasteiger partial charge is 0.494 e. The van der Waals surface area contributed by atoms with Gasteiger partial charge in [0.1, 0.15) is 17.1 Å². The van der Waals surface area contributed by atoms with Crippen LogP contribution in [0.25, 0.3) is 11.0 Å². The lowest BCUT2D eigenvalue weighted by molar-refractivity contribution is 0.103. The summed E-state index contributed by atoms with van der Waals surface area (Å²) in [5, 5.41) is 0.495. The first kappa shape index (κ1) is 30.7. The molecule has 1 heterocycles. The fourth-order valence-corrected chi connectivity index (χ4v) is 5.23. The Hall–Kier alpha value is -2.84. The lowest BCUT2D eigenvalue weighted by atomic mass is 9.97. The first-order chi connectivity index (χ1) is 18.8. The number of ether oxygens (including phenoxy) is 1. The molecule has 0 saturated carbocycles. The van der Waals surface area contributed by atoms with E-state index in [0.29, 0.717) is 46.6 Å². The number of furan rings is 1. The van der Waals surface area contributed by atoms with Crippen LogP contribution in [0.1, 0.15) is 87.4 Å². The number of nitrogens with zero attached hydrogens (tertiary/aromatic N) is 1. The molecule has 0 aliphatic heterocycles. The van der Waals surface area contributed by atoms with Crippen LogP contribution in [0.5, 0.6) is 5.75 Å². The summed E-state index contributed by atoms with van der Waals surface area (Å²) in [5.41, 5.74) is 1.75. The Balaban J connectivity index is 1.74. The summed E-state index contributed by atoms with van der Waals surface area (Å²) >= 11 is 0. The van der Waals surface area contributed by atoms with Gasteiger partial charge in [0, 0.05) is 18.5 Å². The molecule has 0 spiro atoms. The second kappa shape index (κ2) is 15.1. The summed E-state index contributed by atoms with van der Waals surface area (Å²) in [6.07, 6.45) is 9.29. The highest BCUT2D eigenvalue weighted by Gasteiger charge is 2.25. The maximum Gasteiger partial charge on any atom is 0.229 e. The number of hydrogen-bond acceptors (Lipinski definition) is 6. The number of carbonyl (C=O) groups is 1. The molecule has 0 aliphatic carbocycles. The minimum Gasteiger partial charge on any atom is -0.494 e. The summed E-state index contributed by atoms with van der Waals surface area (Å²) < 4.78 is 38.6. The van der Waals surface area contributed by atoms with Crippen LogP contribution in [0.15, 0.2) is 46.9 Å². The highest BCUT2D eigenvalue weighted by Crippen LogP contribution is 2.35. The molecule has 7 nitrogen and oxygen atoms in total. The van der Waals surface area contributed by atoms with Gasteiger partial charge in [-0.15, -0.1) is 0 Å². The van der Waals surface area contributed by atoms with Gasteiger partial charge in [-0.1, -0.05) is 46.1 Å². The van der Waals surface area contributed by atoms with Gasteiger partial charge < -0.3 is 14.1 Å². The van der Waals surface area contributed by atoms with E-state index < -0.39 is 10.0 Å². The van der Waals surface area contributed by atoms with Gasteiger partial charge in [0.25, 0.3) is 0 Å². The molecule has 214 valence electrons. The van der Waals surface area contributed by atoms with Crippen molar-refractivity contribution in [2.75, 3.05) is 37.2 Å². The number of benzene rings is 2. The second-order valence-electron chi connectivity index (χ2n) is 10.2. The number of nitrogens with one attached hydrogen (secondary N) is 1. The van der Waals surface area contributed by atoms with Gasteiger partial charge in [0.05, 0.1) is 29.5 Å². The number of ketones is 1. The summed E-state index contributed by atoms with van der Waals surface area (Å²) in [4.78, 5) is 16.3. The summed E-state index contributed by atoms with van der Waals surface area (Å²) in [5.74, 6) is 1.11. The molecular weight excluding hydrogens is 512 g/mol. The third-order valence-electron chi connectivity index (χ3n) is 6.73. The average molecular weight is 557 g/mol. The predicted molar refractivity (Wildman–Crippen MR) is 160 cm³/mol. The monoisotopic (exact) mass is 556 g/mol. The zero-order chi connectivity index (χ0) is 28.3. The fourth-order valence-electron chi connectivity index (χ4n) is 4.66. The smallest absolute Gasteiger partial charge is 0.229 e. The number of hydrogen-bond donors (Lipinski definition) is 1. The average Bonchev–Trinajstić information content (AvgIpc) is 3.29. The predicted octanol–water partition coefficient (Wildman–Crippen LogP) is 7.05. The Morgan fingerprint density at radius 3 is 2.15 bits per heavy atom. The highest BCUT2D eigenvalue weighted by molar-refractivity contribution is 7.92. The van der Waals surface area contributed by atoms with Crippen LogP contribution >= 0.6 is 0 Å². The van der Waals surface area contributed by atoms with Gasteiger partial charge in [-0.25, -0.2) is 8.42 Å². The van der Waals surface area contributed by atoms with Crippen molar-refractivity contribution in [3.05, 3.63) is 59.4 Å². The Labute approximate surface area is 234 Å². The quantitative estimate of drug-likeness (QED) is 0.133. The molecule has 1 aromatic heterocycles. The third-order valence-corrected chi connectivity index (χ3v) is 7.32. The van der Waals surface area contributed by atoms with E-state index in [2.05, 4.69) is 30.4 Å². The molecule has 0 fully saturated rings. The fraction of sp³-hybridized carbons (Fsp3) is 0.516. The Morgan fingerprint density at radius 1 is 0.897 bits per heavy atom. The van der Waals surface area contributed by atoms with Gasteiger partial charge in [-0.05, 0) is 75.2 Å². The molecular formula is C31H44N2O5S. The first-order valence-electron chi connectivity index (χ1n) is 14.3. The summed E-state index contributed by atoms with van der Waals surface area (Å²) in [6, 6.07) is 12.3. The zero-order valence-corrected chi connectivity index (χ0v) is 24.7. The molecule has 1 N–H and O–H groups in total. The van der Waals surface area contributed by atoms with E-state index in [0.717, 1.165) is 50.9 Å². The molecule has 0 saturated heterocycles. The van der Waals surface area contributed by atoms with Gasteiger partial charge >= 0.3 is 0 Å². The number of fused-ring (bicyclic) bond motifs is 1. The Bertz CT molecular complexity index is 1290. The molecule has 3 aromatic rings. The molecule has 0 amide bonds. The summed E-state index contributed by atoms with van der Waals surface area (Å²) in [7, 11) is -3.54. The van der Waals surface area contributed by atoms with E-state index >= 15 is 0 Å². The van der Waals surface area contributed by atoms with Crippen molar-refractivity contribution in [2.45, 2.75) is 72.1 Å². The molecule has 8 heteroatoms. The van der Waals surface area contributed by atoms with Gasteiger partial charge in [-0.3, -0.25) is 9.52 Å². The van der Waals surface area contributed by atoms with Crippen molar-refractivity contribution in [1.82, 2.24) is 4.90 Å². The molecule has 2 aromatic carbocycles. The van der Waals surface area contributed by atoms with Crippen LogP contribution in [0.4, 0.5) is 5.69 Å².